The van der Waals surface area contributed by atoms with E-state index in [0.29, 0.717) is 6.04 Å². The Morgan fingerprint density at radius 1 is 1.25 bits per heavy atom. The molecule has 3 nitrogen and oxygen atoms in total. The van der Waals surface area contributed by atoms with Crippen molar-refractivity contribution in [1.82, 2.24) is 10.3 Å². The number of rotatable bonds is 5. The van der Waals surface area contributed by atoms with Crippen molar-refractivity contribution in [2.45, 2.75) is 55.7 Å². The third-order valence-electron chi connectivity index (χ3n) is 4.53. The summed E-state index contributed by atoms with van der Waals surface area (Å²) in [5.41, 5.74) is 3.05. The Labute approximate surface area is 152 Å². The Kier molecular flexibility index (Phi) is 5.95. The number of thioether (sulfide) groups is 1. The van der Waals surface area contributed by atoms with Crippen LogP contribution in [0.15, 0.2) is 34.0 Å². The molecule has 1 N–H and O–H groups in total. The van der Waals surface area contributed by atoms with Gasteiger partial charge in [-0.25, -0.2) is 4.98 Å². The summed E-state index contributed by atoms with van der Waals surface area (Å²) >= 11 is 3.43. The second-order valence-electron chi connectivity index (χ2n) is 6.67. The van der Waals surface area contributed by atoms with E-state index in [1.165, 1.54) is 18.4 Å². The molecule has 2 aromatic rings. The Balaban J connectivity index is 1.51. The number of carbonyl (C=O) groups excluding carboxylic acids is 1. The maximum absolute atomic E-state index is 12.4. The first kappa shape index (κ1) is 17.5. The van der Waals surface area contributed by atoms with E-state index >= 15 is 0 Å². The third kappa shape index (κ3) is 4.84. The average molecular weight is 361 g/mol. The largest absolute Gasteiger partial charge is 0.349 e. The monoisotopic (exact) mass is 360 g/mol. The zero-order valence-corrected chi connectivity index (χ0v) is 15.9. The molecule has 1 aliphatic rings. The van der Waals surface area contributed by atoms with Crippen molar-refractivity contribution < 1.29 is 4.79 Å². The number of benzene rings is 1. The number of thiazole rings is 1. The van der Waals surface area contributed by atoms with Gasteiger partial charge in [0.05, 0.1) is 0 Å². The lowest BCUT2D eigenvalue weighted by atomic mass is 9.87. The van der Waals surface area contributed by atoms with E-state index in [1.807, 2.05) is 31.2 Å². The molecule has 1 amide bonds. The lowest BCUT2D eigenvalue weighted by Gasteiger charge is -2.26. The zero-order valence-electron chi connectivity index (χ0n) is 14.2. The number of amides is 1. The van der Waals surface area contributed by atoms with Gasteiger partial charge in [-0.3, -0.25) is 4.79 Å². The fourth-order valence-electron chi connectivity index (χ4n) is 2.97. The highest BCUT2D eigenvalue weighted by Crippen LogP contribution is 2.26. The first-order chi connectivity index (χ1) is 11.6. The summed E-state index contributed by atoms with van der Waals surface area (Å²) in [7, 11) is 0. The summed E-state index contributed by atoms with van der Waals surface area (Å²) in [6, 6.07) is 8.31. The van der Waals surface area contributed by atoms with Gasteiger partial charge in [0.2, 0.25) is 0 Å². The highest BCUT2D eigenvalue weighted by molar-refractivity contribution is 8.00. The van der Waals surface area contributed by atoms with Crippen LogP contribution < -0.4 is 5.32 Å². The van der Waals surface area contributed by atoms with E-state index in [0.717, 1.165) is 40.1 Å². The number of hydrogen-bond donors (Lipinski definition) is 1. The molecule has 0 unspecified atom stereocenters. The van der Waals surface area contributed by atoms with Crippen molar-refractivity contribution >= 4 is 29.0 Å². The lowest BCUT2D eigenvalue weighted by molar-refractivity contribution is 0.0923. The normalized spacial score (nSPS) is 20.8. The number of hydrogen-bond acceptors (Lipinski definition) is 4. The van der Waals surface area contributed by atoms with Gasteiger partial charge in [-0.1, -0.05) is 30.8 Å². The molecule has 24 heavy (non-hydrogen) atoms. The molecule has 0 spiro atoms. The van der Waals surface area contributed by atoms with Crippen molar-refractivity contribution in [2.24, 2.45) is 5.92 Å². The van der Waals surface area contributed by atoms with E-state index in [-0.39, 0.29) is 5.91 Å². The molecule has 0 radical (unpaired) electrons. The second-order valence-corrected chi connectivity index (χ2v) is 8.75. The van der Waals surface area contributed by atoms with Crippen molar-refractivity contribution in [3.8, 4) is 0 Å². The van der Waals surface area contributed by atoms with E-state index in [4.69, 9.17) is 0 Å². The summed E-state index contributed by atoms with van der Waals surface area (Å²) in [5.74, 6) is 1.75. The molecule has 0 aliphatic heterocycles. The summed E-state index contributed by atoms with van der Waals surface area (Å²) < 4.78 is 1.10. The minimum absolute atomic E-state index is 0.0595. The predicted octanol–water partition coefficient (Wildman–Crippen LogP) is 5.05. The molecule has 1 aromatic heterocycles. The fourth-order valence-corrected chi connectivity index (χ4v) is 4.77. The van der Waals surface area contributed by atoms with E-state index < -0.39 is 0 Å². The third-order valence-corrected chi connectivity index (χ3v) is 6.74. The average Bonchev–Trinajstić information content (AvgIpc) is 3.01. The lowest BCUT2D eigenvalue weighted by Crippen LogP contribution is -2.37. The Morgan fingerprint density at radius 3 is 2.58 bits per heavy atom. The molecule has 1 aliphatic carbocycles. The van der Waals surface area contributed by atoms with Crippen LogP contribution in [0.4, 0.5) is 0 Å². The highest BCUT2D eigenvalue weighted by atomic mass is 32.2. The molecular weight excluding hydrogens is 336 g/mol. The van der Waals surface area contributed by atoms with Crippen LogP contribution in [0.3, 0.4) is 0 Å². The molecule has 3 rings (SSSR count). The smallest absolute Gasteiger partial charge is 0.251 e. The quantitative estimate of drug-likeness (QED) is 0.759. The highest BCUT2D eigenvalue weighted by Gasteiger charge is 2.20. The SMILES string of the molecule is Cc1csc(SCc2ccc(C(=O)NC3CCC(C)CC3)cc2)n1. The fraction of sp³-hybridized carbons (Fsp3) is 0.474. The van der Waals surface area contributed by atoms with E-state index in [2.05, 4.69) is 22.6 Å². The van der Waals surface area contributed by atoms with Gasteiger partial charge in [0.25, 0.3) is 5.91 Å². The number of aryl methyl sites for hydroxylation is 1. The Hall–Kier alpha value is -1.33. The molecule has 5 heteroatoms. The van der Waals surface area contributed by atoms with Crippen LogP contribution in [0.5, 0.6) is 0 Å². The molecule has 128 valence electrons. The summed E-state index contributed by atoms with van der Waals surface area (Å²) in [4.78, 5) is 16.8. The van der Waals surface area contributed by atoms with E-state index in [9.17, 15) is 4.79 Å². The molecule has 1 fully saturated rings. The van der Waals surface area contributed by atoms with Crippen LogP contribution in [0.25, 0.3) is 0 Å². The predicted molar refractivity (Wildman–Crippen MR) is 102 cm³/mol. The molecule has 1 saturated carbocycles. The molecule has 0 saturated heterocycles. The number of nitrogens with zero attached hydrogens (tertiary/aromatic N) is 1. The first-order valence-corrected chi connectivity index (χ1v) is 10.4. The maximum atomic E-state index is 12.4. The van der Waals surface area contributed by atoms with Gasteiger partial charge in [-0.05, 0) is 56.2 Å². The number of carbonyl (C=O) groups is 1. The van der Waals surface area contributed by atoms with Gasteiger partial charge in [-0.2, -0.15) is 0 Å². The number of aromatic nitrogens is 1. The van der Waals surface area contributed by atoms with Gasteiger partial charge in [0.1, 0.15) is 4.34 Å². The summed E-state index contributed by atoms with van der Waals surface area (Å²) in [6.07, 6.45) is 4.65. The Morgan fingerprint density at radius 2 is 1.96 bits per heavy atom. The molecule has 0 atom stereocenters. The first-order valence-electron chi connectivity index (χ1n) is 8.55. The standard InChI is InChI=1S/C19H24N2OS2/c1-13-3-9-17(10-4-13)21-18(22)16-7-5-15(6-8-16)12-24-19-20-14(2)11-23-19/h5-8,11,13,17H,3-4,9-10,12H2,1-2H3,(H,21,22). The van der Waals surface area contributed by atoms with E-state index in [1.54, 1.807) is 23.1 Å². The topological polar surface area (TPSA) is 42.0 Å². The van der Waals surface area contributed by atoms with Crippen molar-refractivity contribution in [1.29, 1.82) is 0 Å². The zero-order chi connectivity index (χ0) is 16.9. The van der Waals surface area contributed by atoms with Gasteiger partial charge >= 0.3 is 0 Å². The van der Waals surface area contributed by atoms with Crippen molar-refractivity contribution in [2.75, 3.05) is 0 Å². The minimum atomic E-state index is 0.0595. The van der Waals surface area contributed by atoms with Crippen LogP contribution in [-0.2, 0) is 5.75 Å². The molecular formula is C19H24N2OS2. The minimum Gasteiger partial charge on any atom is -0.349 e. The van der Waals surface area contributed by atoms with Gasteiger partial charge < -0.3 is 5.32 Å². The van der Waals surface area contributed by atoms with Gasteiger partial charge in [0, 0.05) is 28.4 Å². The molecule has 1 heterocycles. The molecule has 0 bridgehead atoms. The van der Waals surface area contributed by atoms with Gasteiger partial charge in [0.15, 0.2) is 0 Å². The Bertz CT molecular complexity index is 673. The second kappa shape index (κ2) is 8.17. The summed E-state index contributed by atoms with van der Waals surface area (Å²) in [6.45, 7) is 4.31. The van der Waals surface area contributed by atoms with Gasteiger partial charge in [-0.15, -0.1) is 11.3 Å². The van der Waals surface area contributed by atoms with Crippen molar-refractivity contribution in [3.05, 3.63) is 46.5 Å². The van der Waals surface area contributed by atoms with Crippen LogP contribution in [-0.4, -0.2) is 16.9 Å². The summed E-state index contributed by atoms with van der Waals surface area (Å²) in [5, 5.41) is 5.25. The number of nitrogens with one attached hydrogen (secondary N) is 1. The van der Waals surface area contributed by atoms with Crippen LogP contribution in [0.2, 0.25) is 0 Å². The van der Waals surface area contributed by atoms with Crippen LogP contribution in [0, 0.1) is 12.8 Å². The van der Waals surface area contributed by atoms with Crippen LogP contribution in [0.1, 0.15) is 54.2 Å². The van der Waals surface area contributed by atoms with Crippen LogP contribution >= 0.6 is 23.1 Å². The van der Waals surface area contributed by atoms with Crippen molar-refractivity contribution in [3.63, 3.8) is 0 Å². The maximum Gasteiger partial charge on any atom is 0.251 e. The molecule has 1 aromatic carbocycles.